The summed E-state index contributed by atoms with van der Waals surface area (Å²) in [6.07, 6.45) is 0. The monoisotopic (exact) mass is 392 g/mol. The molecule has 144 valence electrons. The Hall–Kier alpha value is -2.62. The van der Waals surface area contributed by atoms with Crippen LogP contribution in [-0.4, -0.2) is 5.91 Å². The van der Waals surface area contributed by atoms with Crippen molar-refractivity contribution in [3.05, 3.63) is 100 Å². The van der Waals surface area contributed by atoms with Crippen molar-refractivity contribution < 1.29 is 4.79 Å². The molecule has 3 nitrogen and oxygen atoms in total. The third kappa shape index (κ3) is 4.80. The van der Waals surface area contributed by atoms with Gasteiger partial charge in [-0.3, -0.25) is 10.1 Å². The lowest BCUT2D eigenvalue weighted by Gasteiger charge is -2.24. The second-order valence-electron chi connectivity index (χ2n) is 7.06. The first kappa shape index (κ1) is 20.1. The smallest absolute Gasteiger partial charge is 0.246 e. The van der Waals surface area contributed by atoms with Gasteiger partial charge < -0.3 is 5.32 Å². The molecular weight excluding hydrogens is 368 g/mol. The largest absolute Gasteiger partial charge is 0.324 e. The molecule has 0 aromatic heterocycles. The molecule has 0 heterocycles. The molecule has 4 heteroatoms. The van der Waals surface area contributed by atoms with Gasteiger partial charge in [0.2, 0.25) is 5.91 Å². The van der Waals surface area contributed by atoms with E-state index in [0.717, 1.165) is 27.9 Å². The number of anilines is 1. The molecule has 3 rings (SSSR count). The van der Waals surface area contributed by atoms with Gasteiger partial charge in [-0.25, -0.2) is 0 Å². The zero-order chi connectivity index (χ0) is 20.1. The number of nitrogens with one attached hydrogen (secondary N) is 2. The van der Waals surface area contributed by atoms with Gasteiger partial charge >= 0.3 is 0 Å². The first-order valence-corrected chi connectivity index (χ1v) is 9.77. The molecule has 3 aromatic carbocycles. The summed E-state index contributed by atoms with van der Waals surface area (Å²) in [5.74, 6) is -0.0983. The second kappa shape index (κ2) is 9.05. The van der Waals surface area contributed by atoms with Gasteiger partial charge in [0.1, 0.15) is 6.04 Å². The summed E-state index contributed by atoms with van der Waals surface area (Å²) < 4.78 is 0. The zero-order valence-electron chi connectivity index (χ0n) is 16.4. The highest BCUT2D eigenvalue weighted by Gasteiger charge is 2.24. The van der Waals surface area contributed by atoms with E-state index in [1.54, 1.807) is 0 Å². The van der Waals surface area contributed by atoms with Gasteiger partial charge in [0.05, 0.1) is 0 Å². The molecule has 0 spiro atoms. The topological polar surface area (TPSA) is 41.1 Å². The van der Waals surface area contributed by atoms with Crippen LogP contribution in [0.1, 0.15) is 41.3 Å². The van der Waals surface area contributed by atoms with E-state index < -0.39 is 6.04 Å². The SMILES string of the molecule is Cc1ccc(C)c(NC(=O)[C@H](N[C@@H](C)c2ccccc2Cl)c2ccccc2)c1. The average Bonchev–Trinajstić information content (AvgIpc) is 2.69. The van der Waals surface area contributed by atoms with Gasteiger partial charge in [-0.2, -0.15) is 0 Å². The zero-order valence-corrected chi connectivity index (χ0v) is 17.1. The van der Waals surface area contributed by atoms with E-state index in [-0.39, 0.29) is 11.9 Å². The predicted octanol–water partition coefficient (Wildman–Crippen LogP) is 5.99. The molecule has 0 aliphatic carbocycles. The van der Waals surface area contributed by atoms with E-state index in [1.165, 1.54) is 0 Å². The Labute approximate surface area is 171 Å². The quantitative estimate of drug-likeness (QED) is 0.541. The van der Waals surface area contributed by atoms with Crippen LogP contribution in [0.15, 0.2) is 72.8 Å². The summed E-state index contributed by atoms with van der Waals surface area (Å²) in [6, 6.07) is 22.9. The lowest BCUT2D eigenvalue weighted by atomic mass is 10.0. The normalized spacial score (nSPS) is 13.0. The molecule has 28 heavy (non-hydrogen) atoms. The van der Waals surface area contributed by atoms with E-state index in [1.807, 2.05) is 93.6 Å². The summed E-state index contributed by atoms with van der Waals surface area (Å²) in [7, 11) is 0. The highest BCUT2D eigenvalue weighted by Crippen LogP contribution is 2.26. The van der Waals surface area contributed by atoms with Crippen LogP contribution in [0.3, 0.4) is 0 Å². The number of benzene rings is 3. The van der Waals surface area contributed by atoms with E-state index in [0.29, 0.717) is 5.02 Å². The van der Waals surface area contributed by atoms with Crippen molar-refractivity contribution in [1.82, 2.24) is 5.32 Å². The Morgan fingerprint density at radius 2 is 1.61 bits per heavy atom. The third-order valence-corrected chi connectivity index (χ3v) is 5.18. The minimum Gasteiger partial charge on any atom is -0.324 e. The van der Waals surface area contributed by atoms with E-state index in [9.17, 15) is 4.79 Å². The summed E-state index contributed by atoms with van der Waals surface area (Å²) in [5.41, 5.74) is 4.84. The molecule has 0 aliphatic rings. The van der Waals surface area contributed by atoms with Crippen molar-refractivity contribution in [3.63, 3.8) is 0 Å². The molecule has 3 aromatic rings. The van der Waals surface area contributed by atoms with Crippen LogP contribution in [0, 0.1) is 13.8 Å². The number of halogens is 1. The fraction of sp³-hybridized carbons (Fsp3) is 0.208. The molecule has 0 saturated carbocycles. The van der Waals surface area contributed by atoms with Crippen LogP contribution >= 0.6 is 11.6 Å². The van der Waals surface area contributed by atoms with Crippen molar-refractivity contribution in [2.24, 2.45) is 0 Å². The number of hydrogen-bond donors (Lipinski definition) is 2. The van der Waals surface area contributed by atoms with Crippen LogP contribution in [0.25, 0.3) is 0 Å². The first-order chi connectivity index (χ1) is 13.5. The maximum Gasteiger partial charge on any atom is 0.246 e. The maximum atomic E-state index is 13.2. The second-order valence-corrected chi connectivity index (χ2v) is 7.47. The van der Waals surface area contributed by atoms with Gasteiger partial charge in [-0.1, -0.05) is 72.3 Å². The van der Waals surface area contributed by atoms with Crippen molar-refractivity contribution in [2.75, 3.05) is 5.32 Å². The molecule has 0 bridgehead atoms. The molecule has 2 atom stereocenters. The highest BCUT2D eigenvalue weighted by molar-refractivity contribution is 6.31. The van der Waals surface area contributed by atoms with E-state index in [4.69, 9.17) is 11.6 Å². The molecule has 0 radical (unpaired) electrons. The molecular formula is C24H25ClN2O. The summed E-state index contributed by atoms with van der Waals surface area (Å²) in [6.45, 7) is 6.02. The van der Waals surface area contributed by atoms with Gasteiger partial charge in [-0.05, 0) is 55.2 Å². The van der Waals surface area contributed by atoms with Crippen LogP contribution in [0.5, 0.6) is 0 Å². The lowest BCUT2D eigenvalue weighted by Crippen LogP contribution is -2.35. The fourth-order valence-electron chi connectivity index (χ4n) is 3.21. The van der Waals surface area contributed by atoms with Gasteiger partial charge in [0.15, 0.2) is 0 Å². The number of hydrogen-bond acceptors (Lipinski definition) is 2. The first-order valence-electron chi connectivity index (χ1n) is 9.39. The van der Waals surface area contributed by atoms with Crippen molar-refractivity contribution >= 4 is 23.2 Å². The van der Waals surface area contributed by atoms with Crippen molar-refractivity contribution in [3.8, 4) is 0 Å². The van der Waals surface area contributed by atoms with Gasteiger partial charge in [-0.15, -0.1) is 0 Å². The number of carbonyl (C=O) groups is 1. The van der Waals surface area contributed by atoms with Crippen LogP contribution in [-0.2, 0) is 4.79 Å². The van der Waals surface area contributed by atoms with Crippen LogP contribution in [0.2, 0.25) is 5.02 Å². The standard InChI is InChI=1S/C24H25ClN2O/c1-16-13-14-17(2)22(15-16)27-24(28)23(19-9-5-4-6-10-19)26-18(3)20-11-7-8-12-21(20)25/h4-15,18,23,26H,1-3H3,(H,27,28)/t18-,23+/m0/s1. The maximum absolute atomic E-state index is 13.2. The molecule has 0 unspecified atom stereocenters. The van der Waals surface area contributed by atoms with Gasteiger partial charge in [0, 0.05) is 16.8 Å². The van der Waals surface area contributed by atoms with Gasteiger partial charge in [0.25, 0.3) is 0 Å². The molecule has 0 saturated heterocycles. The summed E-state index contributed by atoms with van der Waals surface area (Å²) >= 11 is 6.36. The highest BCUT2D eigenvalue weighted by atomic mass is 35.5. The number of amides is 1. The Balaban J connectivity index is 1.88. The lowest BCUT2D eigenvalue weighted by molar-refractivity contribution is -0.118. The minimum atomic E-state index is -0.507. The Morgan fingerprint density at radius 3 is 2.32 bits per heavy atom. The van der Waals surface area contributed by atoms with Crippen LogP contribution in [0.4, 0.5) is 5.69 Å². The molecule has 0 fully saturated rings. The molecule has 0 aliphatic heterocycles. The van der Waals surface area contributed by atoms with E-state index in [2.05, 4.69) is 10.6 Å². The predicted molar refractivity (Wildman–Crippen MR) is 117 cm³/mol. The number of rotatable bonds is 6. The average molecular weight is 393 g/mol. The Kier molecular flexibility index (Phi) is 6.50. The van der Waals surface area contributed by atoms with E-state index >= 15 is 0 Å². The minimum absolute atomic E-state index is 0.0942. The Morgan fingerprint density at radius 1 is 0.929 bits per heavy atom. The molecule has 2 N–H and O–H groups in total. The molecule has 1 amide bonds. The van der Waals surface area contributed by atoms with Crippen molar-refractivity contribution in [1.29, 1.82) is 0 Å². The number of carbonyl (C=O) groups excluding carboxylic acids is 1. The van der Waals surface area contributed by atoms with Crippen LogP contribution < -0.4 is 10.6 Å². The number of aryl methyl sites for hydroxylation is 2. The Bertz CT molecular complexity index is 956. The fourth-order valence-corrected chi connectivity index (χ4v) is 3.51. The van der Waals surface area contributed by atoms with Crippen molar-refractivity contribution in [2.45, 2.75) is 32.9 Å². The summed E-state index contributed by atoms with van der Waals surface area (Å²) in [4.78, 5) is 13.2. The third-order valence-electron chi connectivity index (χ3n) is 4.83. The summed E-state index contributed by atoms with van der Waals surface area (Å²) in [5, 5.41) is 7.22.